The van der Waals surface area contributed by atoms with Crippen molar-refractivity contribution in [2.24, 2.45) is 5.73 Å². The fourth-order valence-corrected chi connectivity index (χ4v) is 1.95. The average Bonchev–Trinajstić information content (AvgIpc) is 2.64. The first-order valence-corrected chi connectivity index (χ1v) is 6.36. The average molecular weight is 242 g/mol. The lowest BCUT2D eigenvalue weighted by Crippen LogP contribution is -2.28. The molecule has 0 aliphatic heterocycles. The van der Waals surface area contributed by atoms with Gasteiger partial charge in [-0.3, -0.25) is 4.79 Å². The Balaban J connectivity index is 2.34. The summed E-state index contributed by atoms with van der Waals surface area (Å²) in [5.74, 6) is 3.09. The van der Waals surface area contributed by atoms with Crippen LogP contribution in [0.25, 0.3) is 0 Å². The Kier molecular flexibility index (Phi) is 5.42. The summed E-state index contributed by atoms with van der Waals surface area (Å²) < 4.78 is 5.41. The van der Waals surface area contributed by atoms with Crippen molar-refractivity contribution in [3.63, 3.8) is 0 Å². The molecule has 0 bridgehead atoms. The lowest BCUT2D eigenvalue weighted by Gasteiger charge is -2.15. The van der Waals surface area contributed by atoms with E-state index in [-0.39, 0.29) is 5.91 Å². The van der Waals surface area contributed by atoms with E-state index in [9.17, 15) is 4.79 Å². The third-order valence-electron chi connectivity index (χ3n) is 2.10. The van der Waals surface area contributed by atoms with Gasteiger partial charge in [-0.2, -0.15) is 11.8 Å². The van der Waals surface area contributed by atoms with Gasteiger partial charge in [0, 0.05) is 19.3 Å². The fraction of sp³-hybridized carbons (Fsp3) is 0.545. The number of hydrogen-bond acceptors (Lipinski definition) is 4. The predicted octanol–water partition coefficient (Wildman–Crippen LogP) is 1.24. The van der Waals surface area contributed by atoms with E-state index in [1.165, 1.54) is 0 Å². The van der Waals surface area contributed by atoms with E-state index < -0.39 is 0 Å². The van der Waals surface area contributed by atoms with Crippen molar-refractivity contribution < 1.29 is 9.21 Å². The molecule has 0 atom stereocenters. The van der Waals surface area contributed by atoms with E-state index in [0.29, 0.717) is 18.8 Å². The second-order valence-electron chi connectivity index (χ2n) is 3.60. The van der Waals surface area contributed by atoms with Crippen LogP contribution in [-0.2, 0) is 11.3 Å². The molecule has 16 heavy (non-hydrogen) atoms. The van der Waals surface area contributed by atoms with Crippen molar-refractivity contribution in [2.45, 2.75) is 13.5 Å². The lowest BCUT2D eigenvalue weighted by molar-refractivity contribution is -0.127. The Morgan fingerprint density at radius 1 is 1.56 bits per heavy atom. The number of nitrogens with zero attached hydrogens (tertiary/aromatic N) is 1. The molecule has 1 aromatic rings. The second-order valence-corrected chi connectivity index (χ2v) is 4.71. The van der Waals surface area contributed by atoms with Gasteiger partial charge >= 0.3 is 0 Å². The number of thioether (sulfide) groups is 1. The largest absolute Gasteiger partial charge is 0.464 e. The van der Waals surface area contributed by atoms with Gasteiger partial charge in [-0.1, -0.05) is 0 Å². The fourth-order valence-electron chi connectivity index (χ4n) is 1.25. The van der Waals surface area contributed by atoms with Crippen molar-refractivity contribution >= 4 is 17.7 Å². The molecule has 0 aromatic carbocycles. The Hall–Kier alpha value is -0.940. The summed E-state index contributed by atoms with van der Waals surface area (Å²) in [7, 11) is 1.78. The molecule has 4 nitrogen and oxygen atoms in total. The Labute approximate surface area is 100 Å². The summed E-state index contributed by atoms with van der Waals surface area (Å²) in [6, 6.07) is 3.79. The van der Waals surface area contributed by atoms with Crippen LogP contribution < -0.4 is 5.73 Å². The van der Waals surface area contributed by atoms with Crippen LogP contribution in [0.3, 0.4) is 0 Å². The van der Waals surface area contributed by atoms with Crippen LogP contribution in [0.2, 0.25) is 0 Å². The Morgan fingerprint density at radius 3 is 2.88 bits per heavy atom. The van der Waals surface area contributed by atoms with Crippen LogP contribution in [0, 0.1) is 6.92 Å². The van der Waals surface area contributed by atoms with Crippen LogP contribution in [0.4, 0.5) is 0 Å². The molecule has 0 fully saturated rings. The lowest BCUT2D eigenvalue weighted by atomic mass is 10.4. The van der Waals surface area contributed by atoms with Crippen LogP contribution in [0.5, 0.6) is 0 Å². The number of carbonyl (C=O) groups excluding carboxylic acids is 1. The van der Waals surface area contributed by atoms with Gasteiger partial charge in [0.1, 0.15) is 11.5 Å². The summed E-state index contributed by atoms with van der Waals surface area (Å²) in [5.41, 5.74) is 5.36. The standard InChI is InChI=1S/C11H18N2O2S/c1-9-3-4-10(15-9)7-13(2)11(14)8-16-6-5-12/h3-4H,5-8,12H2,1-2H3. The van der Waals surface area contributed by atoms with E-state index in [0.717, 1.165) is 17.3 Å². The molecule has 5 heteroatoms. The van der Waals surface area contributed by atoms with Crippen molar-refractivity contribution in [1.82, 2.24) is 4.90 Å². The van der Waals surface area contributed by atoms with Gasteiger partial charge in [0.05, 0.1) is 12.3 Å². The van der Waals surface area contributed by atoms with Crippen molar-refractivity contribution in [3.8, 4) is 0 Å². The molecule has 0 unspecified atom stereocenters. The number of amides is 1. The number of aryl methyl sites for hydroxylation is 1. The zero-order valence-corrected chi connectivity index (χ0v) is 10.5. The molecular weight excluding hydrogens is 224 g/mol. The van der Waals surface area contributed by atoms with Gasteiger partial charge in [-0.15, -0.1) is 0 Å². The first kappa shape index (κ1) is 13.1. The summed E-state index contributed by atoms with van der Waals surface area (Å²) in [6.45, 7) is 3.03. The smallest absolute Gasteiger partial charge is 0.232 e. The topological polar surface area (TPSA) is 59.5 Å². The zero-order valence-electron chi connectivity index (χ0n) is 9.73. The molecule has 0 aliphatic carbocycles. The molecule has 0 saturated heterocycles. The molecule has 90 valence electrons. The van der Waals surface area contributed by atoms with Crippen LogP contribution >= 0.6 is 11.8 Å². The first-order valence-electron chi connectivity index (χ1n) is 5.20. The maximum atomic E-state index is 11.7. The van der Waals surface area contributed by atoms with Crippen LogP contribution in [0.1, 0.15) is 11.5 Å². The molecule has 0 saturated carbocycles. The minimum atomic E-state index is 0.104. The maximum Gasteiger partial charge on any atom is 0.232 e. The Morgan fingerprint density at radius 2 is 2.31 bits per heavy atom. The van der Waals surface area contributed by atoms with E-state index in [1.807, 2.05) is 19.1 Å². The van der Waals surface area contributed by atoms with Crippen molar-refractivity contribution in [2.75, 3.05) is 25.1 Å². The highest BCUT2D eigenvalue weighted by atomic mass is 32.2. The van der Waals surface area contributed by atoms with E-state index in [2.05, 4.69) is 0 Å². The minimum Gasteiger partial charge on any atom is -0.464 e. The molecule has 1 heterocycles. The van der Waals surface area contributed by atoms with Crippen LogP contribution in [-0.4, -0.2) is 35.9 Å². The highest BCUT2D eigenvalue weighted by molar-refractivity contribution is 7.99. The highest BCUT2D eigenvalue weighted by Gasteiger charge is 2.10. The molecule has 1 amide bonds. The molecule has 1 aromatic heterocycles. The van der Waals surface area contributed by atoms with Gasteiger partial charge in [0.2, 0.25) is 5.91 Å². The molecule has 2 N–H and O–H groups in total. The van der Waals surface area contributed by atoms with E-state index in [1.54, 1.807) is 23.7 Å². The molecule has 0 spiro atoms. The van der Waals surface area contributed by atoms with E-state index in [4.69, 9.17) is 10.2 Å². The predicted molar refractivity (Wildman–Crippen MR) is 66.3 cm³/mol. The number of furan rings is 1. The molecular formula is C11H18N2O2S. The Bertz CT molecular complexity index is 338. The van der Waals surface area contributed by atoms with Gasteiger partial charge in [-0.25, -0.2) is 0 Å². The van der Waals surface area contributed by atoms with E-state index >= 15 is 0 Å². The monoisotopic (exact) mass is 242 g/mol. The third-order valence-corrected chi connectivity index (χ3v) is 3.08. The summed E-state index contributed by atoms with van der Waals surface area (Å²) in [6.07, 6.45) is 0. The van der Waals surface area contributed by atoms with Gasteiger partial charge < -0.3 is 15.1 Å². The van der Waals surface area contributed by atoms with Crippen molar-refractivity contribution in [1.29, 1.82) is 0 Å². The quantitative estimate of drug-likeness (QED) is 0.762. The maximum absolute atomic E-state index is 11.7. The number of hydrogen-bond donors (Lipinski definition) is 1. The molecule has 1 rings (SSSR count). The first-order chi connectivity index (χ1) is 7.63. The minimum absolute atomic E-state index is 0.104. The van der Waals surface area contributed by atoms with Gasteiger partial charge in [0.15, 0.2) is 0 Å². The number of rotatable bonds is 6. The summed E-state index contributed by atoms with van der Waals surface area (Å²) in [5, 5.41) is 0. The van der Waals surface area contributed by atoms with Gasteiger partial charge in [-0.05, 0) is 19.1 Å². The number of nitrogens with two attached hydrogens (primary N) is 1. The highest BCUT2D eigenvalue weighted by Crippen LogP contribution is 2.09. The molecule has 0 aliphatic rings. The summed E-state index contributed by atoms with van der Waals surface area (Å²) in [4.78, 5) is 13.3. The van der Waals surface area contributed by atoms with Crippen LogP contribution in [0.15, 0.2) is 16.5 Å². The number of carbonyl (C=O) groups is 1. The van der Waals surface area contributed by atoms with Crippen molar-refractivity contribution in [3.05, 3.63) is 23.7 Å². The SMILES string of the molecule is Cc1ccc(CN(C)C(=O)CSCCN)o1. The zero-order chi connectivity index (χ0) is 12.0. The molecule has 0 radical (unpaired) electrons. The normalized spacial score (nSPS) is 10.4. The second kappa shape index (κ2) is 6.60. The third kappa shape index (κ3) is 4.28. The van der Waals surface area contributed by atoms with Gasteiger partial charge in [0.25, 0.3) is 0 Å². The summed E-state index contributed by atoms with van der Waals surface area (Å²) >= 11 is 1.56.